The van der Waals surface area contributed by atoms with Gasteiger partial charge in [0.05, 0.1) is 10.7 Å². The fourth-order valence-electron chi connectivity index (χ4n) is 1.45. The minimum absolute atomic E-state index is 0.415. The predicted molar refractivity (Wildman–Crippen MR) is 48.1 cm³/mol. The van der Waals surface area contributed by atoms with Gasteiger partial charge in [-0.1, -0.05) is 0 Å². The molecule has 2 rings (SSSR count). The molecule has 72 valence electrons. The van der Waals surface area contributed by atoms with Gasteiger partial charge >= 0.3 is 0 Å². The Balaban J connectivity index is 2.38. The number of aromatic nitrogens is 2. The van der Waals surface area contributed by atoms with Crippen molar-refractivity contribution in [3.05, 3.63) is 10.7 Å². The van der Waals surface area contributed by atoms with Crippen molar-refractivity contribution >= 4 is 21.7 Å². The number of nitrogens with one attached hydrogen (secondary N) is 1. The highest BCUT2D eigenvalue weighted by atomic mass is 79.9. The number of anilines is 1. The summed E-state index contributed by atoms with van der Waals surface area (Å²) < 4.78 is 27.1. The molecule has 0 saturated carbocycles. The molecule has 1 unspecified atom stereocenters. The monoisotopic (exact) mass is 251 g/mol. The first-order chi connectivity index (χ1) is 6.20. The van der Waals surface area contributed by atoms with E-state index in [2.05, 4.69) is 26.3 Å². The zero-order chi connectivity index (χ0) is 9.42. The highest BCUT2D eigenvalue weighted by molar-refractivity contribution is 9.10. The number of hydrogen-bond donors (Lipinski definition) is 1. The van der Waals surface area contributed by atoms with Crippen LogP contribution >= 0.6 is 15.9 Å². The van der Waals surface area contributed by atoms with Crippen molar-refractivity contribution in [1.29, 1.82) is 0 Å². The molecular formula is C7H8BrF2N3. The number of hydrogen-bond acceptors (Lipinski definition) is 2. The molecule has 0 aliphatic carbocycles. The fourth-order valence-corrected chi connectivity index (χ4v) is 1.86. The fraction of sp³-hybridized carbons (Fsp3) is 0.571. The van der Waals surface area contributed by atoms with Crippen molar-refractivity contribution in [2.45, 2.75) is 18.9 Å². The van der Waals surface area contributed by atoms with Crippen LogP contribution in [0.15, 0.2) is 10.7 Å². The quantitative estimate of drug-likeness (QED) is 0.830. The third kappa shape index (κ3) is 1.43. The van der Waals surface area contributed by atoms with E-state index in [1.807, 2.05) is 0 Å². The lowest BCUT2D eigenvalue weighted by Gasteiger charge is -2.24. The normalized spacial score (nSPS) is 21.4. The Morgan fingerprint density at radius 1 is 1.69 bits per heavy atom. The number of fused-ring (bicyclic) bond motifs is 1. The van der Waals surface area contributed by atoms with Crippen LogP contribution in [0.5, 0.6) is 0 Å². The zero-order valence-corrected chi connectivity index (χ0v) is 8.26. The molecule has 0 amide bonds. The van der Waals surface area contributed by atoms with Gasteiger partial charge in [0, 0.05) is 6.54 Å². The molecule has 6 heteroatoms. The smallest absolute Gasteiger partial charge is 0.260 e. The van der Waals surface area contributed by atoms with Gasteiger partial charge in [0.2, 0.25) is 0 Å². The van der Waals surface area contributed by atoms with E-state index in [0.717, 1.165) is 4.47 Å². The van der Waals surface area contributed by atoms with E-state index in [0.29, 0.717) is 18.8 Å². The number of halogens is 3. The average Bonchev–Trinajstić information content (AvgIpc) is 2.48. The summed E-state index contributed by atoms with van der Waals surface area (Å²) in [6.45, 7) is 0.569. The third-order valence-electron chi connectivity index (χ3n) is 2.09. The van der Waals surface area contributed by atoms with Gasteiger partial charge in [-0.25, -0.2) is 13.5 Å². The molecule has 1 aromatic rings. The molecule has 1 aliphatic heterocycles. The van der Waals surface area contributed by atoms with Crippen molar-refractivity contribution in [3.8, 4) is 0 Å². The van der Waals surface area contributed by atoms with Crippen LogP contribution in [0.2, 0.25) is 0 Å². The molecule has 0 spiro atoms. The van der Waals surface area contributed by atoms with Crippen molar-refractivity contribution in [2.75, 3.05) is 11.9 Å². The van der Waals surface area contributed by atoms with Crippen LogP contribution in [-0.2, 0) is 0 Å². The highest BCUT2D eigenvalue weighted by Gasteiger charge is 2.29. The van der Waals surface area contributed by atoms with Gasteiger partial charge in [0.25, 0.3) is 6.43 Å². The minimum atomic E-state index is -2.35. The molecule has 0 fully saturated rings. The zero-order valence-electron chi connectivity index (χ0n) is 6.67. The van der Waals surface area contributed by atoms with Crippen molar-refractivity contribution in [2.24, 2.45) is 0 Å². The molecule has 1 aliphatic rings. The number of rotatable bonds is 1. The molecule has 1 aromatic heterocycles. The standard InChI is InChI=1S/C7H8BrF2N3/c8-4-3-12-13-5(6(9)10)1-2-11-7(4)13/h3,5-6,11H,1-2H2. The molecule has 0 aromatic carbocycles. The lowest BCUT2D eigenvalue weighted by atomic mass is 10.2. The SMILES string of the molecule is FC(F)C1CCNc2c(Br)cnn21. The first-order valence-corrected chi connectivity index (χ1v) is 4.74. The molecule has 3 nitrogen and oxygen atoms in total. The van der Waals surface area contributed by atoms with Gasteiger partial charge in [-0.3, -0.25) is 0 Å². The first kappa shape index (κ1) is 8.93. The summed E-state index contributed by atoms with van der Waals surface area (Å²) in [5, 5.41) is 6.90. The van der Waals surface area contributed by atoms with Crippen LogP contribution in [0.3, 0.4) is 0 Å². The highest BCUT2D eigenvalue weighted by Crippen LogP contribution is 2.32. The molecule has 2 heterocycles. The lowest BCUT2D eigenvalue weighted by molar-refractivity contribution is 0.0715. The second-order valence-corrected chi connectivity index (χ2v) is 3.76. The Hall–Kier alpha value is -0.650. The predicted octanol–water partition coefficient (Wildman–Crippen LogP) is 2.27. The van der Waals surface area contributed by atoms with Crippen molar-refractivity contribution in [1.82, 2.24) is 9.78 Å². The largest absolute Gasteiger partial charge is 0.369 e. The molecule has 1 N–H and O–H groups in total. The first-order valence-electron chi connectivity index (χ1n) is 3.95. The van der Waals surface area contributed by atoms with Crippen LogP contribution in [-0.4, -0.2) is 22.8 Å². The van der Waals surface area contributed by atoms with E-state index in [-0.39, 0.29) is 0 Å². The van der Waals surface area contributed by atoms with E-state index in [1.165, 1.54) is 10.9 Å². The van der Waals surface area contributed by atoms with Crippen molar-refractivity contribution in [3.63, 3.8) is 0 Å². The van der Waals surface area contributed by atoms with Gasteiger partial charge in [0.15, 0.2) is 0 Å². The maximum atomic E-state index is 12.5. The second-order valence-electron chi connectivity index (χ2n) is 2.90. The second kappa shape index (κ2) is 3.25. The van der Waals surface area contributed by atoms with E-state index < -0.39 is 12.5 Å². The summed E-state index contributed by atoms with van der Waals surface area (Å²) in [6.07, 6.45) is -0.408. The lowest BCUT2D eigenvalue weighted by Crippen LogP contribution is -2.28. The summed E-state index contributed by atoms with van der Waals surface area (Å²) in [7, 11) is 0. The third-order valence-corrected chi connectivity index (χ3v) is 2.67. The Morgan fingerprint density at radius 3 is 3.15 bits per heavy atom. The summed E-state index contributed by atoms with van der Waals surface area (Å²) in [5.41, 5.74) is 0. The molecule has 0 bridgehead atoms. The Kier molecular flexibility index (Phi) is 2.23. The average molecular weight is 252 g/mol. The number of nitrogens with zero attached hydrogens (tertiary/aromatic N) is 2. The van der Waals surface area contributed by atoms with E-state index in [4.69, 9.17) is 0 Å². The maximum absolute atomic E-state index is 12.5. The van der Waals surface area contributed by atoms with Gasteiger partial charge in [-0.15, -0.1) is 0 Å². The van der Waals surface area contributed by atoms with Crippen LogP contribution in [0, 0.1) is 0 Å². The number of alkyl halides is 2. The van der Waals surface area contributed by atoms with Crippen LogP contribution < -0.4 is 5.32 Å². The summed E-state index contributed by atoms with van der Waals surface area (Å²) in [6, 6.07) is -0.789. The van der Waals surface area contributed by atoms with Gasteiger partial charge < -0.3 is 5.32 Å². The Bertz CT molecular complexity index is 313. The Morgan fingerprint density at radius 2 is 2.46 bits per heavy atom. The van der Waals surface area contributed by atoms with E-state index in [9.17, 15) is 8.78 Å². The van der Waals surface area contributed by atoms with Crippen LogP contribution in [0.25, 0.3) is 0 Å². The molecular weight excluding hydrogens is 244 g/mol. The van der Waals surface area contributed by atoms with E-state index >= 15 is 0 Å². The van der Waals surface area contributed by atoms with Gasteiger partial charge in [0.1, 0.15) is 11.9 Å². The topological polar surface area (TPSA) is 29.9 Å². The van der Waals surface area contributed by atoms with Crippen molar-refractivity contribution < 1.29 is 8.78 Å². The Labute approximate surface area is 82.2 Å². The molecule has 1 atom stereocenters. The molecule has 0 saturated heterocycles. The molecule has 0 radical (unpaired) electrons. The van der Waals surface area contributed by atoms with Crippen LogP contribution in [0.1, 0.15) is 12.5 Å². The summed E-state index contributed by atoms with van der Waals surface area (Å²) >= 11 is 3.24. The summed E-state index contributed by atoms with van der Waals surface area (Å²) in [4.78, 5) is 0. The minimum Gasteiger partial charge on any atom is -0.369 e. The van der Waals surface area contributed by atoms with Gasteiger partial charge in [-0.2, -0.15) is 5.10 Å². The van der Waals surface area contributed by atoms with Crippen LogP contribution in [0.4, 0.5) is 14.6 Å². The maximum Gasteiger partial charge on any atom is 0.260 e. The summed E-state index contributed by atoms with van der Waals surface area (Å²) in [5.74, 6) is 0.650. The molecule has 13 heavy (non-hydrogen) atoms. The van der Waals surface area contributed by atoms with Gasteiger partial charge in [-0.05, 0) is 22.4 Å². The van der Waals surface area contributed by atoms with E-state index in [1.54, 1.807) is 0 Å².